The molecule has 0 unspecified atom stereocenters. The summed E-state index contributed by atoms with van der Waals surface area (Å²) in [5.74, 6) is -8.75. The standard InChI is InChI=1S/C53H83NO14.C24H29N5O3/c1-32-16-12-11-13-17-33(2)44(63-8)30-40-21-19-38(7)53(62,68-40)50(59)51(60)54-23-15-14-18-41(54)52(61)67-45(35(4)28-39-20-22-43(66-25-24-55)46(29-39)64-9)31-42(56)34(3)27-37(6)48(58)49(65-10)47(57)36(5)26-32;1-4-5-10-21(30)29(22(16(2)3)24(31)32)15-17-11-13-18(14-12-17)19-8-6-7-9-20(19)23-25-27-28-26-23/h11-13,16-17,27,32,34-36,38-41,43-46,48-49,55,58,62H,14-15,18-26,28-31H2,1-10H3;6-9,11-14,16,22H,4-5,10,15H2,1-3H3,(H,31,32)(H,25,26,27,28)/b13-11+,16-12+,33-17+,37-27+;/t32-,34-,35-,36-,38-,39+,40+,41+,43-,44+,45+,46-,48-,49+,53-;22-/m10/s1. The average molecular weight is 1390 g/mol. The maximum absolute atomic E-state index is 14.5. The number of aliphatic hydroxyl groups excluding tert-OH is 2. The highest BCUT2D eigenvalue weighted by Crippen LogP contribution is 2.39. The van der Waals surface area contributed by atoms with E-state index >= 15 is 0 Å². The first kappa shape index (κ1) is 82.0. The monoisotopic (exact) mass is 1390 g/mol. The van der Waals surface area contributed by atoms with E-state index in [0.29, 0.717) is 75.6 Å². The van der Waals surface area contributed by atoms with Crippen molar-refractivity contribution < 1.29 is 82.4 Å². The van der Waals surface area contributed by atoms with Gasteiger partial charge in [0.1, 0.15) is 36.2 Å². The summed E-state index contributed by atoms with van der Waals surface area (Å²) in [4.78, 5) is 98.4. The highest BCUT2D eigenvalue weighted by Gasteiger charge is 2.53. The lowest BCUT2D eigenvalue weighted by molar-refractivity contribution is -0.265. The Balaban J connectivity index is 0.000000408. The predicted octanol–water partition coefficient (Wildman–Crippen LogP) is 10.4. The van der Waals surface area contributed by atoms with E-state index in [2.05, 4.69) is 20.6 Å². The number of unbranched alkanes of at least 4 members (excludes halogenated alkanes) is 1. The number of amides is 2. The number of nitrogens with one attached hydrogen (secondary N) is 1. The molecule has 3 aliphatic heterocycles. The van der Waals surface area contributed by atoms with Gasteiger partial charge in [-0.05, 0) is 141 Å². The Morgan fingerprint density at radius 3 is 2.20 bits per heavy atom. The number of hydrogen-bond acceptors (Lipinski definition) is 19. The van der Waals surface area contributed by atoms with Gasteiger partial charge in [-0.25, -0.2) is 9.59 Å². The second kappa shape index (κ2) is 40.0. The van der Waals surface area contributed by atoms with Crippen LogP contribution < -0.4 is 0 Å². The fraction of sp³-hybridized carbons (Fsp3) is 0.636. The second-order valence-corrected chi connectivity index (χ2v) is 28.3. The number of allylic oxidation sites excluding steroid dienone is 6. The molecule has 16 atom stereocenters. The number of ether oxygens (including phenoxy) is 6. The quantitative estimate of drug-likeness (QED) is 0.0423. The number of benzene rings is 2. The van der Waals surface area contributed by atoms with Gasteiger partial charge in [0.05, 0.1) is 37.6 Å². The van der Waals surface area contributed by atoms with Gasteiger partial charge in [-0.3, -0.25) is 24.0 Å². The first-order valence-corrected chi connectivity index (χ1v) is 35.9. The van der Waals surface area contributed by atoms with E-state index in [-0.39, 0.29) is 92.5 Å². The molecule has 4 heterocycles. The maximum Gasteiger partial charge on any atom is 0.329 e. The molecule has 552 valence electrons. The zero-order valence-electron chi connectivity index (χ0n) is 61.1. The fourth-order valence-electron chi connectivity index (χ4n) is 14.3. The first-order chi connectivity index (χ1) is 47.7. The topological polar surface area (TPSA) is 317 Å². The van der Waals surface area contributed by atoms with Gasteiger partial charge in [0.2, 0.25) is 17.5 Å². The number of methoxy groups -OCH3 is 3. The van der Waals surface area contributed by atoms with Crippen LogP contribution in [0.2, 0.25) is 0 Å². The lowest BCUT2D eigenvalue weighted by Gasteiger charge is -2.42. The van der Waals surface area contributed by atoms with E-state index in [1.807, 2.05) is 127 Å². The van der Waals surface area contributed by atoms with Crippen LogP contribution in [0.1, 0.15) is 171 Å². The SMILES string of the molecule is CCCCC(=O)N(Cc1ccc(-c2ccccc2-c2nn[nH]n2)cc1)[C@H](C(=O)O)C(C)C.CO[C@H]1C[C@@H]2CC[C@@H](C)[C@@](O)(O2)C(=O)C(=O)N2CCCC[C@H]2C(=O)O[C@H]([C@H](C)C[C@@H]2CC[C@@H](OCCO)[C@H](OC)C2)CC(=O)[C@H](C)/C=C(\C)[C@@H](O)[C@@H](OC)C(=O)[C@H](C)C[C@H](C)/C=C/C=C/C=C/1C. The number of ketones is 3. The van der Waals surface area contributed by atoms with Crippen LogP contribution in [0.5, 0.6) is 0 Å². The number of piperidine rings is 1. The molecule has 2 amide bonds. The number of nitrogens with zero attached hydrogens (tertiary/aromatic N) is 5. The van der Waals surface area contributed by atoms with Crippen LogP contribution in [0.25, 0.3) is 22.5 Å². The summed E-state index contributed by atoms with van der Waals surface area (Å²) in [5.41, 5.74) is 4.93. The number of esters is 1. The van der Waals surface area contributed by atoms with Crippen LogP contribution in [0, 0.1) is 41.4 Å². The zero-order chi connectivity index (χ0) is 73.4. The van der Waals surface area contributed by atoms with Crippen molar-refractivity contribution in [3.8, 4) is 22.5 Å². The third-order valence-corrected chi connectivity index (χ3v) is 20.3. The number of aliphatic carboxylic acids is 1. The second-order valence-electron chi connectivity index (χ2n) is 28.3. The van der Waals surface area contributed by atoms with E-state index in [0.717, 1.165) is 47.1 Å². The number of hydrogen-bond donors (Lipinski definition) is 5. The Bertz CT molecular complexity index is 3260. The molecule has 2 aromatic carbocycles. The molecular formula is C77H112N6O17. The van der Waals surface area contributed by atoms with Gasteiger partial charge in [0, 0.05) is 77.0 Å². The van der Waals surface area contributed by atoms with Crippen LogP contribution >= 0.6 is 0 Å². The van der Waals surface area contributed by atoms with Crippen LogP contribution in [0.4, 0.5) is 0 Å². The van der Waals surface area contributed by atoms with Crippen LogP contribution in [0.15, 0.2) is 96.1 Å². The Kier molecular flexibility index (Phi) is 32.8. The molecule has 7 rings (SSSR count). The molecule has 23 nitrogen and oxygen atoms in total. The van der Waals surface area contributed by atoms with E-state index in [9.17, 15) is 54.0 Å². The molecule has 3 aromatic rings. The zero-order valence-corrected chi connectivity index (χ0v) is 61.1. The third kappa shape index (κ3) is 22.5. The first-order valence-electron chi connectivity index (χ1n) is 35.9. The predicted molar refractivity (Wildman–Crippen MR) is 377 cm³/mol. The number of carbonyl (C=O) groups excluding carboxylic acids is 6. The van der Waals surface area contributed by atoms with Gasteiger partial charge in [-0.1, -0.05) is 147 Å². The minimum absolute atomic E-state index is 0.0158. The molecule has 23 heteroatoms. The minimum atomic E-state index is -2.43. The number of cyclic esters (lactones) is 1. The summed E-state index contributed by atoms with van der Waals surface area (Å²) in [6.07, 6.45) is 14.0. The molecule has 1 aromatic heterocycles. The molecule has 5 N–H and O–H groups in total. The van der Waals surface area contributed by atoms with E-state index in [4.69, 9.17) is 28.4 Å². The Morgan fingerprint density at radius 1 is 0.840 bits per heavy atom. The largest absolute Gasteiger partial charge is 0.480 e. The van der Waals surface area contributed by atoms with Gasteiger partial charge in [0.15, 0.2) is 5.78 Å². The number of H-pyrrole nitrogens is 1. The summed E-state index contributed by atoms with van der Waals surface area (Å²) in [7, 11) is 4.58. The number of aromatic nitrogens is 4. The molecule has 1 aliphatic carbocycles. The van der Waals surface area contributed by atoms with Crippen molar-refractivity contribution in [2.45, 2.75) is 233 Å². The van der Waals surface area contributed by atoms with Crippen molar-refractivity contribution in [2.75, 3.05) is 41.1 Å². The molecule has 0 radical (unpaired) electrons. The lowest BCUT2D eigenvalue weighted by atomic mass is 9.78. The number of rotatable bonds is 19. The van der Waals surface area contributed by atoms with E-state index in [1.54, 1.807) is 41.1 Å². The maximum atomic E-state index is 14.5. The summed E-state index contributed by atoms with van der Waals surface area (Å²) in [6.45, 7) is 18.8. The van der Waals surface area contributed by atoms with Gasteiger partial charge in [-0.15, -0.1) is 10.2 Å². The smallest absolute Gasteiger partial charge is 0.329 e. The van der Waals surface area contributed by atoms with Crippen molar-refractivity contribution in [3.63, 3.8) is 0 Å². The third-order valence-electron chi connectivity index (χ3n) is 20.3. The number of carbonyl (C=O) groups is 7. The minimum Gasteiger partial charge on any atom is -0.480 e. The Hall–Kier alpha value is -6.96. The van der Waals surface area contributed by atoms with Crippen LogP contribution in [0.3, 0.4) is 0 Å². The highest BCUT2D eigenvalue weighted by molar-refractivity contribution is 6.39. The number of tetrazole rings is 1. The molecule has 0 spiro atoms. The number of Topliss-reactive ketones (excluding diaryl/α,β-unsaturated/α-hetero) is 3. The van der Waals surface area contributed by atoms with Crippen molar-refractivity contribution in [1.82, 2.24) is 30.4 Å². The number of aromatic amines is 1. The number of carboxylic acid groups (broad SMARTS) is 1. The highest BCUT2D eigenvalue weighted by atomic mass is 16.6. The average Bonchev–Trinajstić information content (AvgIpc) is 0.859. The number of aliphatic hydroxyl groups is 3. The fourth-order valence-corrected chi connectivity index (χ4v) is 14.3. The van der Waals surface area contributed by atoms with Crippen LogP contribution in [-0.2, 0) is 68.5 Å². The van der Waals surface area contributed by atoms with E-state index < -0.39 is 89.8 Å². The Morgan fingerprint density at radius 2 is 1.56 bits per heavy atom. The lowest BCUT2D eigenvalue weighted by Crippen LogP contribution is -2.61. The summed E-state index contributed by atoms with van der Waals surface area (Å²) in [5, 5.41) is 56.8. The van der Waals surface area contributed by atoms with Crippen molar-refractivity contribution >= 4 is 41.1 Å². The summed E-state index contributed by atoms with van der Waals surface area (Å²) >= 11 is 0. The van der Waals surface area contributed by atoms with Crippen molar-refractivity contribution in [3.05, 3.63) is 102 Å². The Labute approximate surface area is 590 Å². The van der Waals surface area contributed by atoms with E-state index in [1.165, 1.54) is 16.9 Å². The molecule has 2 saturated heterocycles. The number of carboxylic acids is 1. The molecule has 2 bridgehead atoms. The molecule has 3 fully saturated rings. The van der Waals surface area contributed by atoms with Gasteiger partial charge in [-0.2, -0.15) is 5.21 Å². The number of fused-ring (bicyclic) bond motifs is 3. The molecular weight excluding hydrogens is 1280 g/mol. The normalized spacial score (nSPS) is 30.5. The molecule has 4 aliphatic rings. The van der Waals surface area contributed by atoms with Gasteiger partial charge >= 0.3 is 11.9 Å². The molecule has 1 saturated carbocycles. The van der Waals surface area contributed by atoms with Gasteiger partial charge in [0.25, 0.3) is 11.7 Å². The van der Waals surface area contributed by atoms with Gasteiger partial charge < -0.3 is 58.6 Å². The molecule has 100 heavy (non-hydrogen) atoms. The van der Waals surface area contributed by atoms with Crippen LogP contribution in [-0.4, -0.2) is 194 Å². The summed E-state index contributed by atoms with van der Waals surface area (Å²) < 4.78 is 35.6. The summed E-state index contributed by atoms with van der Waals surface area (Å²) in [6, 6.07) is 13.6. The van der Waals surface area contributed by atoms with Crippen molar-refractivity contribution in [1.29, 1.82) is 0 Å². The van der Waals surface area contributed by atoms with Crippen molar-refractivity contribution in [2.24, 2.45) is 41.4 Å².